The monoisotopic (exact) mass is 308 g/mol. The fourth-order valence-corrected chi connectivity index (χ4v) is 3.24. The van der Waals surface area contributed by atoms with Gasteiger partial charge in [-0.25, -0.2) is 0 Å². The Bertz CT molecular complexity index is 647. The van der Waals surface area contributed by atoms with Crippen molar-refractivity contribution in [3.8, 4) is 11.5 Å². The van der Waals surface area contributed by atoms with E-state index in [9.17, 15) is 0 Å². The molecule has 0 unspecified atom stereocenters. The summed E-state index contributed by atoms with van der Waals surface area (Å²) in [5, 5.41) is 0. The van der Waals surface area contributed by atoms with Crippen LogP contribution in [0.3, 0.4) is 0 Å². The lowest BCUT2D eigenvalue weighted by Gasteiger charge is -2.28. The van der Waals surface area contributed by atoms with E-state index in [1.165, 1.54) is 37.1 Å². The second-order valence-corrected chi connectivity index (χ2v) is 6.25. The summed E-state index contributed by atoms with van der Waals surface area (Å²) in [6.07, 6.45) is 4.79. The Labute approximate surface area is 137 Å². The first-order chi connectivity index (χ1) is 11.4. The molecule has 2 aromatic carbocycles. The van der Waals surface area contributed by atoms with Crippen LogP contribution in [0.4, 0.5) is 0 Å². The van der Waals surface area contributed by atoms with Crippen molar-refractivity contribution in [1.29, 1.82) is 0 Å². The van der Waals surface area contributed by atoms with E-state index < -0.39 is 0 Å². The van der Waals surface area contributed by atoms with Crippen molar-refractivity contribution in [2.75, 3.05) is 19.7 Å². The summed E-state index contributed by atoms with van der Waals surface area (Å²) in [5.74, 6) is 1.67. The molecule has 2 aliphatic heterocycles. The molecule has 0 bridgehead atoms. The second-order valence-electron chi connectivity index (χ2n) is 6.25. The number of likely N-dealkylation sites (tertiary alicyclic amines) is 1. The molecule has 0 N–H and O–H groups in total. The third-order valence-corrected chi connectivity index (χ3v) is 4.57. The van der Waals surface area contributed by atoms with Crippen molar-refractivity contribution in [3.63, 3.8) is 0 Å². The van der Waals surface area contributed by atoms with Crippen LogP contribution in [0.2, 0.25) is 0 Å². The van der Waals surface area contributed by atoms with E-state index in [4.69, 9.17) is 9.47 Å². The van der Waals surface area contributed by atoms with E-state index in [1.807, 2.05) is 24.3 Å². The minimum absolute atomic E-state index is 0.0245. The number of nitrogens with zero attached hydrogens (tertiary/aromatic N) is 1. The highest BCUT2D eigenvalue weighted by molar-refractivity contribution is 5.41. The van der Waals surface area contributed by atoms with Gasteiger partial charge in [-0.1, -0.05) is 36.4 Å². The lowest BCUT2D eigenvalue weighted by atomic mass is 10.1. The van der Waals surface area contributed by atoms with Gasteiger partial charge in [-0.3, -0.25) is 4.90 Å². The summed E-state index contributed by atoms with van der Waals surface area (Å²) in [4.78, 5) is 2.52. The van der Waals surface area contributed by atoms with Crippen LogP contribution in [-0.2, 0) is 6.54 Å². The van der Waals surface area contributed by atoms with Gasteiger partial charge in [0, 0.05) is 6.54 Å². The van der Waals surface area contributed by atoms with E-state index in [1.54, 1.807) is 0 Å². The Morgan fingerprint density at radius 1 is 0.913 bits per heavy atom. The zero-order valence-corrected chi connectivity index (χ0v) is 13.3. The van der Waals surface area contributed by atoms with Crippen molar-refractivity contribution in [2.24, 2.45) is 0 Å². The first-order valence-electron chi connectivity index (χ1n) is 8.40. The maximum Gasteiger partial charge on any atom is 0.162 e. The summed E-state index contributed by atoms with van der Waals surface area (Å²) < 4.78 is 11.9. The molecule has 3 heteroatoms. The maximum atomic E-state index is 6.07. The lowest BCUT2D eigenvalue weighted by molar-refractivity contribution is 0.0913. The molecule has 1 saturated heterocycles. The van der Waals surface area contributed by atoms with Crippen molar-refractivity contribution in [3.05, 3.63) is 66.1 Å². The average molecular weight is 308 g/mol. The quantitative estimate of drug-likeness (QED) is 0.855. The standard InChI is InChI=1S/C20H22NO2/c1-4-12-21(13-5-1)14-16-8-10-17(11-9-16)20-15-22-18-6-2-3-7-19(18)23-20/h1-3,6-11,20H,4-5,12-15H2/t20-/m1/s1. The fraction of sp³-hybridized carbons (Fsp3) is 0.350. The Morgan fingerprint density at radius 2 is 1.65 bits per heavy atom. The van der Waals surface area contributed by atoms with Crippen LogP contribution in [0.5, 0.6) is 11.5 Å². The minimum Gasteiger partial charge on any atom is -0.485 e. The number of para-hydroxylation sites is 2. The lowest BCUT2D eigenvalue weighted by Crippen LogP contribution is -2.29. The van der Waals surface area contributed by atoms with E-state index in [0.717, 1.165) is 18.0 Å². The average Bonchev–Trinajstić information content (AvgIpc) is 2.63. The molecule has 1 atom stereocenters. The van der Waals surface area contributed by atoms with Gasteiger partial charge in [-0.2, -0.15) is 0 Å². The predicted octanol–water partition coefficient (Wildman–Crippen LogP) is 4.00. The molecule has 2 aliphatic rings. The van der Waals surface area contributed by atoms with Crippen molar-refractivity contribution in [2.45, 2.75) is 25.5 Å². The van der Waals surface area contributed by atoms with Gasteiger partial charge in [0.15, 0.2) is 17.6 Å². The molecular weight excluding hydrogens is 286 g/mol. The summed E-state index contributed by atoms with van der Waals surface area (Å²) in [7, 11) is 0. The third kappa shape index (κ3) is 3.35. The van der Waals surface area contributed by atoms with Crippen LogP contribution in [-0.4, -0.2) is 24.6 Å². The molecular formula is C20H22NO2. The molecule has 4 rings (SSSR count). The molecule has 0 saturated carbocycles. The number of rotatable bonds is 3. The van der Waals surface area contributed by atoms with E-state index >= 15 is 0 Å². The van der Waals surface area contributed by atoms with Crippen LogP contribution in [0.1, 0.15) is 30.1 Å². The zero-order chi connectivity index (χ0) is 15.5. The highest BCUT2D eigenvalue weighted by atomic mass is 16.6. The van der Waals surface area contributed by atoms with Crippen LogP contribution in [0, 0.1) is 6.42 Å². The van der Waals surface area contributed by atoms with Gasteiger partial charge < -0.3 is 9.47 Å². The highest BCUT2D eigenvalue weighted by Crippen LogP contribution is 2.35. The zero-order valence-electron chi connectivity index (χ0n) is 13.3. The van der Waals surface area contributed by atoms with E-state index in [2.05, 4.69) is 35.6 Å². The predicted molar refractivity (Wildman–Crippen MR) is 90.6 cm³/mol. The molecule has 0 aromatic heterocycles. The summed E-state index contributed by atoms with van der Waals surface area (Å²) in [5.41, 5.74) is 2.54. The van der Waals surface area contributed by atoms with Gasteiger partial charge >= 0.3 is 0 Å². The molecule has 2 aromatic rings. The van der Waals surface area contributed by atoms with Crippen LogP contribution < -0.4 is 9.47 Å². The Morgan fingerprint density at radius 3 is 2.43 bits per heavy atom. The van der Waals surface area contributed by atoms with Crippen LogP contribution in [0.25, 0.3) is 0 Å². The summed E-state index contributed by atoms with van der Waals surface area (Å²) >= 11 is 0. The molecule has 1 fully saturated rings. The number of fused-ring (bicyclic) bond motifs is 1. The Balaban J connectivity index is 1.42. The van der Waals surface area contributed by atoms with Crippen LogP contribution >= 0.6 is 0 Å². The number of benzene rings is 2. The number of piperidine rings is 1. The number of ether oxygens (including phenoxy) is 2. The van der Waals surface area contributed by atoms with Gasteiger partial charge in [0.2, 0.25) is 0 Å². The summed E-state index contributed by atoms with van der Waals surface area (Å²) in [6, 6.07) is 16.6. The van der Waals surface area contributed by atoms with Gasteiger partial charge in [-0.05, 0) is 55.6 Å². The second kappa shape index (κ2) is 6.63. The van der Waals surface area contributed by atoms with Crippen molar-refractivity contribution in [1.82, 2.24) is 4.90 Å². The van der Waals surface area contributed by atoms with Gasteiger partial charge in [-0.15, -0.1) is 0 Å². The third-order valence-electron chi connectivity index (χ3n) is 4.57. The van der Waals surface area contributed by atoms with E-state index in [-0.39, 0.29) is 6.10 Å². The molecule has 0 aliphatic carbocycles. The summed E-state index contributed by atoms with van der Waals surface area (Å²) in [6.45, 7) is 3.97. The number of hydrogen-bond donors (Lipinski definition) is 0. The Kier molecular flexibility index (Phi) is 4.20. The topological polar surface area (TPSA) is 21.7 Å². The molecule has 3 nitrogen and oxygen atoms in total. The fourth-order valence-electron chi connectivity index (χ4n) is 3.24. The SMILES string of the molecule is [CH]1CCN(Cc2ccc([C@H]3COc4ccccc4O3)cc2)CC1. The largest absolute Gasteiger partial charge is 0.485 e. The van der Waals surface area contributed by atoms with Crippen molar-refractivity contribution < 1.29 is 9.47 Å². The van der Waals surface area contributed by atoms with Crippen LogP contribution in [0.15, 0.2) is 48.5 Å². The van der Waals surface area contributed by atoms with Gasteiger partial charge in [0.1, 0.15) is 6.61 Å². The first-order valence-corrected chi connectivity index (χ1v) is 8.40. The molecule has 0 amide bonds. The number of hydrogen-bond acceptors (Lipinski definition) is 3. The normalized spacial score (nSPS) is 21.1. The molecule has 1 radical (unpaired) electrons. The van der Waals surface area contributed by atoms with Gasteiger partial charge in [0.05, 0.1) is 0 Å². The minimum atomic E-state index is -0.0245. The molecule has 119 valence electrons. The van der Waals surface area contributed by atoms with E-state index in [0.29, 0.717) is 6.61 Å². The van der Waals surface area contributed by atoms with Gasteiger partial charge in [0.25, 0.3) is 0 Å². The molecule has 2 heterocycles. The molecule has 0 spiro atoms. The smallest absolute Gasteiger partial charge is 0.162 e. The maximum absolute atomic E-state index is 6.07. The molecule has 23 heavy (non-hydrogen) atoms. The van der Waals surface area contributed by atoms with Crippen molar-refractivity contribution >= 4 is 0 Å². The highest BCUT2D eigenvalue weighted by Gasteiger charge is 2.22. The first kappa shape index (κ1) is 14.6. The Hall–Kier alpha value is -2.00.